The second kappa shape index (κ2) is 2.94. The molecule has 1 fully saturated rings. The van der Waals surface area contributed by atoms with Gasteiger partial charge >= 0.3 is 0 Å². The number of hydrogen-bond donors (Lipinski definition) is 1. The van der Waals surface area contributed by atoms with Crippen molar-refractivity contribution < 1.29 is 4.79 Å². The van der Waals surface area contributed by atoms with Gasteiger partial charge in [0.05, 0.1) is 0 Å². The minimum absolute atomic E-state index is 0.0590. The molecule has 1 aliphatic rings. The van der Waals surface area contributed by atoms with E-state index in [-0.39, 0.29) is 5.92 Å². The Labute approximate surface area is 54.8 Å². The van der Waals surface area contributed by atoms with Crippen LogP contribution in [0.15, 0.2) is 0 Å². The third kappa shape index (κ3) is 1.77. The summed E-state index contributed by atoms with van der Waals surface area (Å²) in [5, 5.41) is 1.68. The van der Waals surface area contributed by atoms with E-state index in [1.54, 1.807) is 5.01 Å². The Morgan fingerprint density at radius 2 is 2.44 bits per heavy atom. The van der Waals surface area contributed by atoms with Gasteiger partial charge in [-0.15, -0.1) is 0 Å². The second-order valence-corrected chi connectivity index (χ2v) is 2.45. The Morgan fingerprint density at radius 1 is 1.67 bits per heavy atom. The van der Waals surface area contributed by atoms with Crippen molar-refractivity contribution in [3.8, 4) is 0 Å². The van der Waals surface area contributed by atoms with Crippen molar-refractivity contribution in [2.75, 3.05) is 13.1 Å². The van der Waals surface area contributed by atoms with Gasteiger partial charge in [-0.1, -0.05) is 0 Å². The number of hydrazine groups is 1. The molecule has 0 bridgehead atoms. The van der Waals surface area contributed by atoms with E-state index in [0.29, 0.717) is 6.54 Å². The largest absolute Gasteiger partial charge is 0.291 e. The predicted molar refractivity (Wildman–Crippen MR) is 34.2 cm³/mol. The predicted octanol–water partition coefficient (Wildman–Crippen LogP) is -0.318. The van der Waals surface area contributed by atoms with Crippen LogP contribution in [0.5, 0.6) is 0 Å². The Morgan fingerprint density at radius 3 is 2.89 bits per heavy atom. The molecule has 0 spiro atoms. The lowest BCUT2D eigenvalue weighted by Gasteiger charge is -2.24. The summed E-state index contributed by atoms with van der Waals surface area (Å²) in [5.41, 5.74) is 0. The van der Waals surface area contributed by atoms with Gasteiger partial charge in [0.1, 0.15) is 0 Å². The third-order valence-electron chi connectivity index (χ3n) is 1.62. The molecule has 51 valence electrons. The average Bonchev–Trinajstić information content (AvgIpc) is 1.88. The molecule has 1 rings (SSSR count). The maximum Gasteiger partial charge on any atom is 0.203 e. The van der Waals surface area contributed by atoms with Crippen LogP contribution in [0.2, 0.25) is 0 Å². The highest BCUT2D eigenvalue weighted by atomic mass is 16.1. The molecule has 1 saturated heterocycles. The first-order valence-electron chi connectivity index (χ1n) is 3.20. The highest BCUT2D eigenvalue weighted by Crippen LogP contribution is 2.10. The lowest BCUT2D eigenvalue weighted by molar-refractivity contribution is 0.206. The van der Waals surface area contributed by atoms with Gasteiger partial charge in [-0.2, -0.15) is 0 Å². The molecule has 1 atom stereocenters. The van der Waals surface area contributed by atoms with Gasteiger partial charge in [0.15, 0.2) is 0 Å². The van der Waals surface area contributed by atoms with E-state index < -0.39 is 0 Å². The van der Waals surface area contributed by atoms with E-state index in [4.69, 9.17) is 5.84 Å². The van der Waals surface area contributed by atoms with E-state index in [2.05, 4.69) is 0 Å². The van der Waals surface area contributed by atoms with Crippen LogP contribution in [-0.2, 0) is 4.79 Å². The van der Waals surface area contributed by atoms with Crippen LogP contribution in [0.4, 0.5) is 0 Å². The van der Waals surface area contributed by atoms with E-state index in [1.165, 1.54) is 0 Å². The first-order chi connectivity index (χ1) is 4.33. The summed E-state index contributed by atoms with van der Waals surface area (Å²) in [5.74, 6) is 5.51. The average molecular weight is 127 g/mol. The zero-order valence-corrected chi connectivity index (χ0v) is 5.34. The standard InChI is InChI=1S/C6H11N2O/c7-8-3-1-2-6(4-8)5-9/h6H,1-4,7H2. The van der Waals surface area contributed by atoms with Gasteiger partial charge in [0.2, 0.25) is 6.29 Å². The SMILES string of the molecule is NN1CCCC([C]=O)C1. The van der Waals surface area contributed by atoms with Gasteiger partial charge in [-0.25, -0.2) is 5.01 Å². The topological polar surface area (TPSA) is 46.3 Å². The van der Waals surface area contributed by atoms with Crippen molar-refractivity contribution in [1.29, 1.82) is 0 Å². The van der Waals surface area contributed by atoms with Crippen molar-refractivity contribution >= 4 is 6.29 Å². The summed E-state index contributed by atoms with van der Waals surface area (Å²) in [6.45, 7) is 1.60. The quantitative estimate of drug-likeness (QED) is 0.491. The van der Waals surface area contributed by atoms with Gasteiger partial charge in [-0.3, -0.25) is 10.6 Å². The summed E-state index contributed by atoms with van der Waals surface area (Å²) in [7, 11) is 0. The summed E-state index contributed by atoms with van der Waals surface area (Å²) < 4.78 is 0. The molecular formula is C6H11N2O. The lowest BCUT2D eigenvalue weighted by Crippen LogP contribution is -2.40. The summed E-state index contributed by atoms with van der Waals surface area (Å²) in [4.78, 5) is 10.1. The molecule has 3 heteroatoms. The van der Waals surface area contributed by atoms with Crippen molar-refractivity contribution in [2.24, 2.45) is 11.8 Å². The minimum Gasteiger partial charge on any atom is -0.291 e. The molecule has 0 aliphatic carbocycles. The third-order valence-corrected chi connectivity index (χ3v) is 1.62. The van der Waals surface area contributed by atoms with Gasteiger partial charge < -0.3 is 0 Å². The molecular weight excluding hydrogens is 116 g/mol. The molecule has 0 aromatic heterocycles. The Balaban J connectivity index is 2.31. The Hall–Kier alpha value is -0.410. The normalized spacial score (nSPS) is 30.1. The van der Waals surface area contributed by atoms with Crippen LogP contribution in [0.25, 0.3) is 0 Å². The highest BCUT2D eigenvalue weighted by molar-refractivity contribution is 5.54. The molecule has 1 unspecified atom stereocenters. The van der Waals surface area contributed by atoms with Crippen LogP contribution in [0.3, 0.4) is 0 Å². The van der Waals surface area contributed by atoms with Crippen LogP contribution < -0.4 is 5.84 Å². The first kappa shape index (κ1) is 6.71. The fourth-order valence-corrected chi connectivity index (χ4v) is 1.10. The number of nitrogens with two attached hydrogens (primary N) is 1. The van der Waals surface area contributed by atoms with E-state index in [9.17, 15) is 4.79 Å². The molecule has 1 heterocycles. The number of carbonyl (C=O) groups excluding carboxylic acids is 1. The maximum absolute atomic E-state index is 10.1. The molecule has 0 saturated carbocycles. The van der Waals surface area contributed by atoms with Crippen LogP contribution in [0, 0.1) is 5.92 Å². The Kier molecular flexibility index (Phi) is 2.19. The first-order valence-corrected chi connectivity index (χ1v) is 3.20. The van der Waals surface area contributed by atoms with Crippen molar-refractivity contribution in [2.45, 2.75) is 12.8 Å². The molecule has 0 amide bonds. The van der Waals surface area contributed by atoms with Crippen molar-refractivity contribution in [1.82, 2.24) is 5.01 Å². The number of piperidine rings is 1. The summed E-state index contributed by atoms with van der Waals surface area (Å²) >= 11 is 0. The maximum atomic E-state index is 10.1. The summed E-state index contributed by atoms with van der Waals surface area (Å²) in [6.07, 6.45) is 3.94. The van der Waals surface area contributed by atoms with Crippen LogP contribution in [0.1, 0.15) is 12.8 Å². The molecule has 0 aromatic rings. The second-order valence-electron chi connectivity index (χ2n) is 2.45. The van der Waals surface area contributed by atoms with Gasteiger partial charge in [-0.05, 0) is 12.8 Å². The molecule has 2 N–H and O–H groups in total. The molecule has 9 heavy (non-hydrogen) atoms. The molecule has 1 radical (unpaired) electrons. The van der Waals surface area contributed by atoms with Crippen LogP contribution >= 0.6 is 0 Å². The highest BCUT2D eigenvalue weighted by Gasteiger charge is 2.16. The van der Waals surface area contributed by atoms with E-state index in [1.807, 2.05) is 6.29 Å². The molecule has 1 aliphatic heterocycles. The number of nitrogens with zero attached hydrogens (tertiary/aromatic N) is 1. The van der Waals surface area contributed by atoms with E-state index >= 15 is 0 Å². The molecule has 0 aromatic carbocycles. The molecule has 3 nitrogen and oxygen atoms in total. The van der Waals surface area contributed by atoms with Crippen LogP contribution in [-0.4, -0.2) is 24.4 Å². The zero-order chi connectivity index (χ0) is 6.69. The van der Waals surface area contributed by atoms with Gasteiger partial charge in [0.25, 0.3) is 0 Å². The number of rotatable bonds is 1. The fraction of sp³-hybridized carbons (Fsp3) is 0.833. The van der Waals surface area contributed by atoms with Crippen molar-refractivity contribution in [3.05, 3.63) is 0 Å². The smallest absolute Gasteiger partial charge is 0.203 e. The minimum atomic E-state index is 0.0590. The summed E-state index contributed by atoms with van der Waals surface area (Å²) in [6, 6.07) is 0. The Bertz CT molecular complexity index is 105. The zero-order valence-electron chi connectivity index (χ0n) is 5.34. The fourth-order valence-electron chi connectivity index (χ4n) is 1.10. The van der Waals surface area contributed by atoms with Crippen molar-refractivity contribution in [3.63, 3.8) is 0 Å². The van der Waals surface area contributed by atoms with E-state index in [0.717, 1.165) is 19.4 Å². The monoisotopic (exact) mass is 127 g/mol. The van der Waals surface area contributed by atoms with Gasteiger partial charge in [0, 0.05) is 19.0 Å². The lowest BCUT2D eigenvalue weighted by atomic mass is 10.0. The number of hydrogen-bond acceptors (Lipinski definition) is 3.